The van der Waals surface area contributed by atoms with Gasteiger partial charge in [0.15, 0.2) is 0 Å². The number of rotatable bonds is 4. The molecule has 136 valence electrons. The van der Waals surface area contributed by atoms with Gasteiger partial charge in [-0.25, -0.2) is 0 Å². The summed E-state index contributed by atoms with van der Waals surface area (Å²) < 4.78 is 0. The molecular weight excluding hydrogens is 312 g/mol. The van der Waals surface area contributed by atoms with Gasteiger partial charge in [-0.1, -0.05) is 37.0 Å². The Kier molecular flexibility index (Phi) is 5.45. The summed E-state index contributed by atoms with van der Waals surface area (Å²) >= 11 is 0. The quantitative estimate of drug-likeness (QED) is 0.834. The van der Waals surface area contributed by atoms with E-state index in [0.717, 1.165) is 30.6 Å². The highest BCUT2D eigenvalue weighted by molar-refractivity contribution is 6.00. The molecular formula is C21H30N2O2. The highest BCUT2D eigenvalue weighted by Crippen LogP contribution is 2.31. The van der Waals surface area contributed by atoms with Crippen LogP contribution in [-0.4, -0.2) is 35.8 Å². The molecule has 1 aromatic rings. The van der Waals surface area contributed by atoms with E-state index in [0.29, 0.717) is 19.0 Å². The van der Waals surface area contributed by atoms with Crippen LogP contribution in [-0.2, 0) is 9.59 Å². The molecule has 25 heavy (non-hydrogen) atoms. The highest BCUT2D eigenvalue weighted by atomic mass is 16.2. The normalized spacial score (nSPS) is 21.6. The molecule has 1 aliphatic carbocycles. The van der Waals surface area contributed by atoms with Crippen LogP contribution in [0.1, 0.15) is 56.6 Å². The predicted octanol–water partition coefficient (Wildman–Crippen LogP) is 3.84. The van der Waals surface area contributed by atoms with E-state index in [4.69, 9.17) is 0 Å². The maximum atomic E-state index is 13.1. The van der Waals surface area contributed by atoms with E-state index in [1.165, 1.54) is 24.8 Å². The fraction of sp³-hybridized carbons (Fsp3) is 0.619. The Morgan fingerprint density at radius 3 is 2.56 bits per heavy atom. The molecule has 0 spiro atoms. The first-order chi connectivity index (χ1) is 12.0. The van der Waals surface area contributed by atoms with E-state index in [1.54, 1.807) is 0 Å². The van der Waals surface area contributed by atoms with Gasteiger partial charge in [-0.15, -0.1) is 0 Å². The Labute approximate surface area is 151 Å². The maximum Gasteiger partial charge on any atom is 0.228 e. The van der Waals surface area contributed by atoms with Gasteiger partial charge in [-0.05, 0) is 45.2 Å². The molecule has 2 aliphatic rings. The van der Waals surface area contributed by atoms with E-state index >= 15 is 0 Å². The monoisotopic (exact) mass is 342 g/mol. The van der Waals surface area contributed by atoms with Crippen LogP contribution in [0.5, 0.6) is 0 Å². The van der Waals surface area contributed by atoms with Crippen LogP contribution in [0.3, 0.4) is 0 Å². The Bertz CT molecular complexity index is 649. The SMILES string of the molecule is CCN(C(=O)C1CC(=O)N(c2ccc(C)cc2C)C1)C1CCCCC1. The summed E-state index contributed by atoms with van der Waals surface area (Å²) in [7, 11) is 0. The van der Waals surface area contributed by atoms with Crippen molar-refractivity contribution in [2.75, 3.05) is 18.0 Å². The molecule has 1 unspecified atom stereocenters. The van der Waals surface area contributed by atoms with Gasteiger partial charge in [0.2, 0.25) is 11.8 Å². The van der Waals surface area contributed by atoms with E-state index < -0.39 is 0 Å². The van der Waals surface area contributed by atoms with Gasteiger partial charge in [0.25, 0.3) is 0 Å². The van der Waals surface area contributed by atoms with Crippen molar-refractivity contribution in [3.05, 3.63) is 29.3 Å². The number of hydrogen-bond acceptors (Lipinski definition) is 2. The lowest BCUT2D eigenvalue weighted by atomic mass is 9.93. The van der Waals surface area contributed by atoms with Gasteiger partial charge in [0.05, 0.1) is 5.92 Å². The molecule has 3 rings (SSSR count). The molecule has 0 N–H and O–H groups in total. The standard InChI is InChI=1S/C21H30N2O2/c1-4-22(18-8-6-5-7-9-18)21(25)17-13-20(24)23(14-17)19-11-10-15(2)12-16(19)3/h10-12,17-18H,4-9,13-14H2,1-3H3. The van der Waals surface area contributed by atoms with Crippen LogP contribution in [0.15, 0.2) is 18.2 Å². The first kappa shape index (κ1) is 18.0. The lowest BCUT2D eigenvalue weighted by Crippen LogP contribution is -2.45. The van der Waals surface area contributed by atoms with Crippen LogP contribution in [0.25, 0.3) is 0 Å². The van der Waals surface area contributed by atoms with E-state index in [2.05, 4.69) is 19.9 Å². The molecule has 2 fully saturated rings. The number of benzene rings is 1. The van der Waals surface area contributed by atoms with Crippen molar-refractivity contribution >= 4 is 17.5 Å². The third kappa shape index (κ3) is 3.73. The summed E-state index contributed by atoms with van der Waals surface area (Å²) in [5.41, 5.74) is 3.24. The van der Waals surface area contributed by atoms with Crippen molar-refractivity contribution in [3.63, 3.8) is 0 Å². The minimum absolute atomic E-state index is 0.0741. The topological polar surface area (TPSA) is 40.6 Å². The van der Waals surface area contributed by atoms with Gasteiger partial charge in [0, 0.05) is 31.2 Å². The molecule has 1 saturated carbocycles. The zero-order valence-corrected chi connectivity index (χ0v) is 15.8. The second-order valence-corrected chi connectivity index (χ2v) is 7.61. The number of carbonyl (C=O) groups excluding carboxylic acids is 2. The molecule has 0 radical (unpaired) electrons. The Balaban J connectivity index is 1.73. The first-order valence-corrected chi connectivity index (χ1v) is 9.69. The first-order valence-electron chi connectivity index (χ1n) is 9.69. The second kappa shape index (κ2) is 7.59. The van der Waals surface area contributed by atoms with Crippen LogP contribution >= 0.6 is 0 Å². The number of anilines is 1. The van der Waals surface area contributed by atoms with Crippen molar-refractivity contribution < 1.29 is 9.59 Å². The smallest absolute Gasteiger partial charge is 0.228 e. The van der Waals surface area contributed by atoms with E-state index in [1.807, 2.05) is 28.9 Å². The molecule has 2 amide bonds. The fourth-order valence-corrected chi connectivity index (χ4v) is 4.44. The van der Waals surface area contributed by atoms with Crippen LogP contribution in [0.2, 0.25) is 0 Å². The Morgan fingerprint density at radius 1 is 1.20 bits per heavy atom. The molecule has 1 aliphatic heterocycles. The van der Waals surface area contributed by atoms with Crippen LogP contribution in [0.4, 0.5) is 5.69 Å². The molecule has 0 aromatic heterocycles. The van der Waals surface area contributed by atoms with Crippen molar-refractivity contribution in [3.8, 4) is 0 Å². The number of carbonyl (C=O) groups is 2. The Hall–Kier alpha value is -1.84. The van der Waals surface area contributed by atoms with Crippen molar-refractivity contribution in [1.82, 2.24) is 4.90 Å². The lowest BCUT2D eigenvalue weighted by Gasteiger charge is -2.35. The average molecular weight is 342 g/mol. The fourth-order valence-electron chi connectivity index (χ4n) is 4.44. The molecule has 1 aromatic carbocycles. The van der Waals surface area contributed by atoms with Crippen molar-refractivity contribution in [2.45, 2.75) is 65.3 Å². The molecule has 4 nitrogen and oxygen atoms in total. The van der Waals surface area contributed by atoms with Crippen molar-refractivity contribution in [1.29, 1.82) is 0 Å². The minimum atomic E-state index is -0.199. The molecule has 1 heterocycles. The Morgan fingerprint density at radius 2 is 1.92 bits per heavy atom. The highest BCUT2D eigenvalue weighted by Gasteiger charge is 2.39. The van der Waals surface area contributed by atoms with Gasteiger partial charge in [-0.3, -0.25) is 9.59 Å². The third-order valence-corrected chi connectivity index (χ3v) is 5.76. The van der Waals surface area contributed by atoms with Gasteiger partial charge in [0.1, 0.15) is 0 Å². The van der Waals surface area contributed by atoms with Crippen LogP contribution < -0.4 is 4.90 Å². The summed E-state index contributed by atoms with van der Waals surface area (Å²) in [5, 5.41) is 0. The number of hydrogen-bond donors (Lipinski definition) is 0. The van der Waals surface area contributed by atoms with E-state index in [-0.39, 0.29) is 17.7 Å². The predicted molar refractivity (Wildman–Crippen MR) is 101 cm³/mol. The summed E-state index contributed by atoms with van der Waals surface area (Å²) in [6.07, 6.45) is 6.28. The zero-order chi connectivity index (χ0) is 18.0. The van der Waals surface area contributed by atoms with Gasteiger partial charge in [-0.2, -0.15) is 0 Å². The largest absolute Gasteiger partial charge is 0.340 e. The second-order valence-electron chi connectivity index (χ2n) is 7.61. The van der Waals surface area contributed by atoms with Crippen molar-refractivity contribution in [2.24, 2.45) is 5.92 Å². The summed E-state index contributed by atoms with van der Waals surface area (Å²) in [5.74, 6) is 0.0510. The third-order valence-electron chi connectivity index (χ3n) is 5.76. The van der Waals surface area contributed by atoms with Gasteiger partial charge >= 0.3 is 0 Å². The molecule has 0 bridgehead atoms. The summed E-state index contributed by atoms with van der Waals surface area (Å²) in [4.78, 5) is 29.5. The number of aryl methyl sites for hydroxylation is 2. The zero-order valence-electron chi connectivity index (χ0n) is 15.8. The molecule has 1 atom stereocenters. The average Bonchev–Trinajstić information content (AvgIpc) is 2.98. The van der Waals surface area contributed by atoms with Crippen LogP contribution in [0, 0.1) is 19.8 Å². The molecule has 4 heteroatoms. The summed E-state index contributed by atoms with van der Waals surface area (Å²) in [6, 6.07) is 6.51. The number of nitrogens with zero attached hydrogens (tertiary/aromatic N) is 2. The number of amides is 2. The minimum Gasteiger partial charge on any atom is -0.340 e. The maximum absolute atomic E-state index is 13.1. The lowest BCUT2D eigenvalue weighted by molar-refractivity contribution is -0.138. The summed E-state index contributed by atoms with van der Waals surface area (Å²) in [6.45, 7) is 7.41. The van der Waals surface area contributed by atoms with Gasteiger partial charge < -0.3 is 9.80 Å². The molecule has 1 saturated heterocycles. The van der Waals surface area contributed by atoms with E-state index in [9.17, 15) is 9.59 Å².